The van der Waals surface area contributed by atoms with E-state index < -0.39 is 11.6 Å². The fourth-order valence-electron chi connectivity index (χ4n) is 3.17. The van der Waals surface area contributed by atoms with Gasteiger partial charge in [0.15, 0.2) is 0 Å². The molecule has 0 aliphatic rings. The predicted octanol–water partition coefficient (Wildman–Crippen LogP) is 6.54. The van der Waals surface area contributed by atoms with E-state index in [1.54, 1.807) is 23.5 Å². The van der Waals surface area contributed by atoms with E-state index >= 15 is 0 Å². The van der Waals surface area contributed by atoms with Crippen LogP contribution in [0.2, 0.25) is 0 Å². The van der Waals surface area contributed by atoms with Crippen LogP contribution in [0.25, 0.3) is 0 Å². The Labute approximate surface area is 161 Å². The number of carboxylic acid groups (broad SMARTS) is 1. The first-order chi connectivity index (χ1) is 11.9. The molecule has 0 bridgehead atoms. The van der Waals surface area contributed by atoms with E-state index in [0.717, 1.165) is 12.0 Å². The first-order valence-electron chi connectivity index (χ1n) is 9.12. The topological polar surface area (TPSA) is 49.3 Å². The molecule has 0 radical (unpaired) electrons. The van der Waals surface area contributed by atoms with E-state index in [1.807, 2.05) is 13.8 Å². The molecule has 0 fully saturated rings. The smallest absolute Gasteiger partial charge is 0.405 e. The zero-order chi connectivity index (χ0) is 18.9. The zero-order valence-corrected chi connectivity index (χ0v) is 17.9. The number of carbonyl (C=O) groups is 1. The third-order valence-electron chi connectivity index (χ3n) is 4.43. The lowest BCUT2D eigenvalue weighted by atomic mass is 9.92. The van der Waals surface area contributed by atoms with Gasteiger partial charge in [-0.25, -0.2) is 4.79 Å². The van der Waals surface area contributed by atoms with Crippen LogP contribution in [0.4, 0.5) is 4.79 Å². The molecule has 1 rings (SSSR count). The van der Waals surface area contributed by atoms with Crippen LogP contribution in [0.1, 0.15) is 70.4 Å². The van der Waals surface area contributed by atoms with Crippen LogP contribution in [0.15, 0.2) is 21.9 Å². The molecule has 0 saturated carbocycles. The van der Waals surface area contributed by atoms with Gasteiger partial charge in [0.05, 0.1) is 5.54 Å². The van der Waals surface area contributed by atoms with Crippen molar-refractivity contribution in [3.63, 3.8) is 0 Å². The molecule has 25 heavy (non-hydrogen) atoms. The van der Waals surface area contributed by atoms with E-state index in [0.29, 0.717) is 0 Å². The fourth-order valence-corrected chi connectivity index (χ4v) is 4.91. The van der Waals surface area contributed by atoms with Gasteiger partial charge in [-0.2, -0.15) is 0 Å². The molecular weight excluding hydrogens is 350 g/mol. The van der Waals surface area contributed by atoms with Gasteiger partial charge >= 0.3 is 6.09 Å². The molecule has 0 unspecified atom stereocenters. The van der Waals surface area contributed by atoms with Crippen LogP contribution in [-0.2, 0) is 12.0 Å². The molecule has 1 amide bonds. The summed E-state index contributed by atoms with van der Waals surface area (Å²) in [4.78, 5) is 13.5. The molecule has 0 spiro atoms. The molecule has 142 valence electrons. The van der Waals surface area contributed by atoms with Crippen molar-refractivity contribution in [1.82, 2.24) is 5.32 Å². The molecule has 1 aromatic carbocycles. The number of rotatable bonds is 11. The second kappa shape index (κ2) is 11.0. The van der Waals surface area contributed by atoms with Gasteiger partial charge in [0.25, 0.3) is 0 Å². The third kappa shape index (κ3) is 7.14. The lowest BCUT2D eigenvalue weighted by molar-refractivity contribution is 0.181. The molecule has 0 saturated heterocycles. The fraction of sp³-hybridized carbons (Fsp3) is 0.650. The molecule has 0 aliphatic heterocycles. The largest absolute Gasteiger partial charge is 0.465 e. The quantitative estimate of drug-likeness (QED) is 0.336. The van der Waals surface area contributed by atoms with Crippen molar-refractivity contribution in [2.45, 2.75) is 81.0 Å². The number of thioether (sulfide) groups is 2. The number of hydrogen-bond acceptors (Lipinski definition) is 3. The minimum Gasteiger partial charge on any atom is -0.465 e. The summed E-state index contributed by atoms with van der Waals surface area (Å²) >= 11 is 3.39. The maximum Gasteiger partial charge on any atom is 0.405 e. The summed E-state index contributed by atoms with van der Waals surface area (Å²) in [5, 5.41) is 11.8. The van der Waals surface area contributed by atoms with Crippen LogP contribution in [-0.4, -0.2) is 23.7 Å². The normalized spacial score (nSPS) is 11.6. The van der Waals surface area contributed by atoms with E-state index in [-0.39, 0.29) is 0 Å². The summed E-state index contributed by atoms with van der Waals surface area (Å²) in [5.41, 5.74) is 1.84. The van der Waals surface area contributed by atoms with Gasteiger partial charge in [0.2, 0.25) is 0 Å². The van der Waals surface area contributed by atoms with E-state index in [9.17, 15) is 9.90 Å². The Morgan fingerprint density at radius 2 is 1.56 bits per heavy atom. The Hall–Kier alpha value is -0.810. The average Bonchev–Trinajstić information content (AvgIpc) is 2.55. The van der Waals surface area contributed by atoms with Gasteiger partial charge in [-0.1, -0.05) is 39.0 Å². The molecule has 0 atom stereocenters. The molecule has 0 aromatic heterocycles. The number of nitrogens with one attached hydrogen (secondary N) is 1. The second-order valence-electron chi connectivity index (χ2n) is 6.95. The maximum atomic E-state index is 11.2. The van der Waals surface area contributed by atoms with Crippen molar-refractivity contribution in [3.05, 3.63) is 23.3 Å². The Morgan fingerprint density at radius 3 is 2.04 bits per heavy atom. The SMILES string of the molecule is CCCCCCCCc1cc(SC)c(C(C)(C)NC(=O)O)c(SC)c1. The highest BCUT2D eigenvalue weighted by Crippen LogP contribution is 2.38. The van der Waals surface area contributed by atoms with Gasteiger partial charge in [-0.15, -0.1) is 23.5 Å². The second-order valence-corrected chi connectivity index (χ2v) is 8.64. The van der Waals surface area contributed by atoms with Crippen molar-refractivity contribution in [3.8, 4) is 0 Å². The predicted molar refractivity (Wildman–Crippen MR) is 111 cm³/mol. The third-order valence-corrected chi connectivity index (χ3v) is 5.95. The number of amides is 1. The number of unbranched alkanes of at least 4 members (excludes halogenated alkanes) is 5. The molecule has 0 heterocycles. The summed E-state index contributed by atoms with van der Waals surface area (Å²) < 4.78 is 0. The van der Waals surface area contributed by atoms with Gasteiger partial charge in [-0.05, 0) is 56.9 Å². The van der Waals surface area contributed by atoms with Crippen LogP contribution < -0.4 is 5.32 Å². The maximum absolute atomic E-state index is 11.2. The van der Waals surface area contributed by atoms with Crippen LogP contribution in [0.3, 0.4) is 0 Å². The van der Waals surface area contributed by atoms with Gasteiger partial charge in [-0.3, -0.25) is 0 Å². The Morgan fingerprint density at radius 1 is 1.04 bits per heavy atom. The van der Waals surface area contributed by atoms with Gasteiger partial charge in [0.1, 0.15) is 0 Å². The highest BCUT2D eigenvalue weighted by Gasteiger charge is 2.28. The van der Waals surface area contributed by atoms with E-state index in [4.69, 9.17) is 0 Å². The minimum absolute atomic E-state index is 0.610. The molecule has 5 heteroatoms. The van der Waals surface area contributed by atoms with E-state index in [2.05, 4.69) is 36.9 Å². The Balaban J connectivity index is 2.93. The summed E-state index contributed by atoms with van der Waals surface area (Å²) in [6.45, 7) is 6.11. The van der Waals surface area contributed by atoms with E-state index in [1.165, 1.54) is 53.9 Å². The van der Waals surface area contributed by atoms with Crippen molar-refractivity contribution in [2.75, 3.05) is 12.5 Å². The first-order valence-corrected chi connectivity index (χ1v) is 11.6. The summed E-state index contributed by atoms with van der Waals surface area (Å²) in [5.74, 6) is 0. The van der Waals surface area contributed by atoms with Crippen molar-refractivity contribution in [2.24, 2.45) is 0 Å². The summed E-state index contributed by atoms with van der Waals surface area (Å²) in [6, 6.07) is 4.49. The minimum atomic E-state index is -0.986. The Bertz CT molecular complexity index is 534. The highest BCUT2D eigenvalue weighted by molar-refractivity contribution is 7.99. The number of hydrogen-bond donors (Lipinski definition) is 2. The summed E-state index contributed by atoms with van der Waals surface area (Å²) in [7, 11) is 0. The van der Waals surface area contributed by atoms with Crippen LogP contribution in [0, 0.1) is 0 Å². The standard InChI is InChI=1S/C20H33NO2S2/c1-6-7-8-9-10-11-12-15-13-16(24-4)18(17(14-15)25-5)20(2,3)21-19(22)23/h13-14,21H,6-12H2,1-5H3,(H,22,23). The molecular formula is C20H33NO2S2. The molecule has 3 nitrogen and oxygen atoms in total. The van der Waals surface area contributed by atoms with Gasteiger partial charge < -0.3 is 10.4 Å². The molecule has 0 aliphatic carbocycles. The molecule has 2 N–H and O–H groups in total. The van der Waals surface area contributed by atoms with Crippen LogP contribution >= 0.6 is 23.5 Å². The number of aryl methyl sites for hydroxylation is 1. The number of benzene rings is 1. The van der Waals surface area contributed by atoms with Crippen molar-refractivity contribution < 1.29 is 9.90 Å². The van der Waals surface area contributed by atoms with Crippen molar-refractivity contribution >= 4 is 29.6 Å². The summed E-state index contributed by atoms with van der Waals surface area (Å²) in [6.07, 6.45) is 12.0. The lowest BCUT2D eigenvalue weighted by Gasteiger charge is -2.30. The highest BCUT2D eigenvalue weighted by atomic mass is 32.2. The zero-order valence-electron chi connectivity index (χ0n) is 16.3. The molecule has 1 aromatic rings. The van der Waals surface area contributed by atoms with Crippen molar-refractivity contribution in [1.29, 1.82) is 0 Å². The lowest BCUT2D eigenvalue weighted by Crippen LogP contribution is -2.41. The Kier molecular flexibility index (Phi) is 9.80. The van der Waals surface area contributed by atoms with Gasteiger partial charge in [0, 0.05) is 15.4 Å². The van der Waals surface area contributed by atoms with Crippen LogP contribution in [0.5, 0.6) is 0 Å². The monoisotopic (exact) mass is 383 g/mol. The average molecular weight is 384 g/mol. The first kappa shape index (κ1) is 22.2.